The molecule has 7 heteroatoms. The van der Waals surface area contributed by atoms with Gasteiger partial charge in [0.2, 0.25) is 0 Å². The average Bonchev–Trinajstić information content (AvgIpc) is 1.25. The van der Waals surface area contributed by atoms with Crippen molar-refractivity contribution in [3.8, 4) is 0 Å². The van der Waals surface area contributed by atoms with Crippen molar-refractivity contribution in [3.63, 3.8) is 0 Å². The van der Waals surface area contributed by atoms with Gasteiger partial charge in [-0.3, -0.25) is 8.42 Å². The van der Waals surface area contributed by atoms with Gasteiger partial charge in [0.25, 0.3) is 0 Å². The van der Waals surface area contributed by atoms with E-state index < -0.39 is 22.2 Å². The standard InChI is InChI=1S/2CH4O2S.Mg/c2*1-4(2)3;/h2*1H3,(H,2,3);/q;;+2/p-2. The fourth-order valence-electron chi connectivity index (χ4n) is 0. The second-order valence-corrected chi connectivity index (χ2v) is 2.41. The maximum Gasteiger partial charge on any atom is 2.00 e. The minimum Gasteiger partial charge on any atom is -0.773 e. The van der Waals surface area contributed by atoms with E-state index in [2.05, 4.69) is 0 Å². The van der Waals surface area contributed by atoms with Crippen LogP contribution < -0.4 is 0 Å². The fraction of sp³-hybridized carbons (Fsp3) is 1.00. The van der Waals surface area contributed by atoms with Crippen molar-refractivity contribution in [1.82, 2.24) is 0 Å². The molecule has 0 aromatic heterocycles. The molecule has 0 amide bonds. The Bertz CT molecular complexity index is 74.6. The molecule has 0 saturated carbocycles. The zero-order valence-corrected chi connectivity index (χ0v) is 8.20. The zero-order valence-electron chi connectivity index (χ0n) is 5.16. The Morgan fingerprint density at radius 3 is 1.00 bits per heavy atom. The summed E-state index contributed by atoms with van der Waals surface area (Å²) in [6.07, 6.45) is 2.17. The van der Waals surface area contributed by atoms with E-state index in [1.54, 1.807) is 0 Å². The Morgan fingerprint density at radius 2 is 1.00 bits per heavy atom. The minimum atomic E-state index is -1.86. The predicted octanol–water partition coefficient (Wildman–Crippen LogP) is -1.39. The fourth-order valence-corrected chi connectivity index (χ4v) is 0. The molecule has 0 spiro atoms. The summed E-state index contributed by atoms with van der Waals surface area (Å²) < 4.78 is 36.0. The molecule has 52 valence electrons. The van der Waals surface area contributed by atoms with E-state index in [1.807, 2.05) is 0 Å². The van der Waals surface area contributed by atoms with Gasteiger partial charge in [0.15, 0.2) is 0 Å². The molecule has 0 fully saturated rings. The molecular formula is C2H6MgO4S2. The van der Waals surface area contributed by atoms with Gasteiger partial charge >= 0.3 is 23.1 Å². The van der Waals surface area contributed by atoms with Gasteiger partial charge in [0, 0.05) is 0 Å². The third-order valence-corrected chi connectivity index (χ3v) is 0. The van der Waals surface area contributed by atoms with Crippen LogP contribution in [0.4, 0.5) is 0 Å². The molecular weight excluding hydrogens is 176 g/mol. The number of rotatable bonds is 0. The van der Waals surface area contributed by atoms with Crippen molar-refractivity contribution >= 4 is 45.2 Å². The maximum absolute atomic E-state index is 9.00. The molecule has 0 N–H and O–H groups in total. The first-order chi connectivity index (χ1) is 3.46. The normalized spacial score (nSPS) is 13.8. The van der Waals surface area contributed by atoms with Crippen LogP contribution in [0, 0.1) is 0 Å². The summed E-state index contributed by atoms with van der Waals surface area (Å²) in [4.78, 5) is 0. The van der Waals surface area contributed by atoms with Gasteiger partial charge in [-0.15, -0.1) is 0 Å². The first-order valence-electron chi connectivity index (χ1n) is 1.48. The van der Waals surface area contributed by atoms with Crippen molar-refractivity contribution in [1.29, 1.82) is 0 Å². The summed E-state index contributed by atoms with van der Waals surface area (Å²) in [6.45, 7) is 0. The third kappa shape index (κ3) is 451. The van der Waals surface area contributed by atoms with Crippen LogP contribution in [0.2, 0.25) is 0 Å². The van der Waals surface area contributed by atoms with Crippen LogP contribution >= 0.6 is 0 Å². The van der Waals surface area contributed by atoms with Gasteiger partial charge in [-0.25, -0.2) is 0 Å². The van der Waals surface area contributed by atoms with Gasteiger partial charge in [0.05, 0.1) is 0 Å². The second-order valence-electron chi connectivity index (χ2n) is 0.803. The summed E-state index contributed by atoms with van der Waals surface area (Å²) in [5.41, 5.74) is 0. The molecule has 0 aromatic rings. The zero-order chi connectivity index (χ0) is 7.15. The van der Waals surface area contributed by atoms with Gasteiger partial charge in [-0.2, -0.15) is 0 Å². The molecule has 0 aliphatic heterocycles. The largest absolute Gasteiger partial charge is 2.00 e. The van der Waals surface area contributed by atoms with Crippen molar-refractivity contribution in [2.24, 2.45) is 0 Å². The molecule has 0 aliphatic carbocycles. The first kappa shape index (κ1) is 16.5. The van der Waals surface area contributed by atoms with Crippen LogP contribution in [-0.2, 0) is 22.2 Å². The van der Waals surface area contributed by atoms with Crippen molar-refractivity contribution in [3.05, 3.63) is 0 Å². The van der Waals surface area contributed by atoms with Crippen LogP contribution in [-0.4, -0.2) is 53.1 Å². The molecule has 9 heavy (non-hydrogen) atoms. The summed E-state index contributed by atoms with van der Waals surface area (Å²) in [5.74, 6) is 0. The Hall–Kier alpha value is 0.986. The second kappa shape index (κ2) is 11.7. The minimum absolute atomic E-state index is 0. The van der Waals surface area contributed by atoms with Crippen LogP contribution in [0.1, 0.15) is 0 Å². The van der Waals surface area contributed by atoms with Crippen molar-refractivity contribution in [2.75, 3.05) is 12.5 Å². The van der Waals surface area contributed by atoms with E-state index in [1.165, 1.54) is 0 Å². The molecule has 0 saturated heterocycles. The van der Waals surface area contributed by atoms with E-state index in [4.69, 9.17) is 17.5 Å². The molecule has 0 bridgehead atoms. The van der Waals surface area contributed by atoms with E-state index >= 15 is 0 Å². The quantitative estimate of drug-likeness (QED) is 0.341. The molecule has 4 nitrogen and oxygen atoms in total. The Kier molecular flexibility index (Phi) is 21.6. The van der Waals surface area contributed by atoms with Crippen LogP contribution in [0.3, 0.4) is 0 Å². The maximum atomic E-state index is 9.00. The average molecular weight is 183 g/mol. The summed E-state index contributed by atoms with van der Waals surface area (Å²) >= 11 is -3.72. The first-order valence-corrected chi connectivity index (χ1v) is 4.45. The molecule has 0 aromatic carbocycles. The van der Waals surface area contributed by atoms with Crippen molar-refractivity contribution in [2.45, 2.75) is 0 Å². The number of hydrogen-bond acceptors (Lipinski definition) is 4. The van der Waals surface area contributed by atoms with E-state index in [0.29, 0.717) is 0 Å². The predicted molar refractivity (Wildman–Crippen MR) is 35.4 cm³/mol. The summed E-state index contributed by atoms with van der Waals surface area (Å²) in [5, 5.41) is 0. The number of hydrogen-bond donors (Lipinski definition) is 0. The SMILES string of the molecule is CS(=O)[O-].CS(=O)[O-].[Mg+2]. The van der Waals surface area contributed by atoms with Gasteiger partial charge in [0.1, 0.15) is 0 Å². The van der Waals surface area contributed by atoms with Crippen LogP contribution in [0.15, 0.2) is 0 Å². The summed E-state index contributed by atoms with van der Waals surface area (Å²) in [6, 6.07) is 0. The smallest absolute Gasteiger partial charge is 0.773 e. The Morgan fingerprint density at radius 1 is 1.00 bits per heavy atom. The van der Waals surface area contributed by atoms with Crippen LogP contribution in [0.5, 0.6) is 0 Å². The Labute approximate surface area is 75.1 Å². The van der Waals surface area contributed by atoms with Gasteiger partial charge in [-0.1, -0.05) is 22.2 Å². The van der Waals surface area contributed by atoms with Crippen LogP contribution in [0.25, 0.3) is 0 Å². The molecule has 2 unspecified atom stereocenters. The molecule has 0 rings (SSSR count). The van der Waals surface area contributed by atoms with E-state index in [9.17, 15) is 0 Å². The molecule has 0 radical (unpaired) electrons. The van der Waals surface area contributed by atoms with Gasteiger partial charge < -0.3 is 9.11 Å². The van der Waals surface area contributed by atoms with Gasteiger partial charge in [-0.05, 0) is 12.5 Å². The third-order valence-electron chi connectivity index (χ3n) is 0. The summed E-state index contributed by atoms with van der Waals surface area (Å²) in [7, 11) is 0. The van der Waals surface area contributed by atoms with E-state index in [-0.39, 0.29) is 23.1 Å². The molecule has 2 atom stereocenters. The topological polar surface area (TPSA) is 80.3 Å². The Balaban J connectivity index is -0.0000000720. The monoisotopic (exact) mass is 182 g/mol. The van der Waals surface area contributed by atoms with E-state index in [0.717, 1.165) is 12.5 Å². The van der Waals surface area contributed by atoms with Crippen molar-refractivity contribution < 1.29 is 17.5 Å². The molecule has 0 aliphatic rings. The molecule has 0 heterocycles.